The van der Waals surface area contributed by atoms with Gasteiger partial charge >= 0.3 is 0 Å². The SMILES string of the molecule is Cc1cccc(OC(C)C(=O)N(CCC(N)=O)Cc2ccccc2)c1. The van der Waals surface area contributed by atoms with Crippen molar-refractivity contribution in [1.29, 1.82) is 0 Å². The van der Waals surface area contributed by atoms with Gasteiger partial charge in [0, 0.05) is 19.5 Å². The van der Waals surface area contributed by atoms with Crippen LogP contribution in [0.15, 0.2) is 54.6 Å². The van der Waals surface area contributed by atoms with Crippen LogP contribution in [0.3, 0.4) is 0 Å². The van der Waals surface area contributed by atoms with Crippen molar-refractivity contribution in [3.05, 3.63) is 65.7 Å². The molecule has 2 amide bonds. The Morgan fingerprint density at radius 3 is 2.48 bits per heavy atom. The fourth-order valence-corrected chi connectivity index (χ4v) is 2.52. The fourth-order valence-electron chi connectivity index (χ4n) is 2.52. The molecule has 2 aromatic rings. The average molecular weight is 340 g/mol. The predicted molar refractivity (Wildman–Crippen MR) is 96.9 cm³/mol. The maximum absolute atomic E-state index is 12.8. The lowest BCUT2D eigenvalue weighted by molar-refractivity contribution is -0.139. The molecule has 1 atom stereocenters. The number of ether oxygens (including phenoxy) is 1. The topological polar surface area (TPSA) is 72.6 Å². The number of benzene rings is 2. The quantitative estimate of drug-likeness (QED) is 0.803. The molecule has 0 fully saturated rings. The van der Waals surface area contributed by atoms with E-state index in [0.717, 1.165) is 11.1 Å². The first-order valence-electron chi connectivity index (χ1n) is 8.30. The van der Waals surface area contributed by atoms with Crippen molar-refractivity contribution in [2.45, 2.75) is 32.9 Å². The van der Waals surface area contributed by atoms with Crippen molar-refractivity contribution in [3.8, 4) is 5.75 Å². The largest absolute Gasteiger partial charge is 0.481 e. The number of carbonyl (C=O) groups is 2. The third-order valence-electron chi connectivity index (χ3n) is 3.81. The minimum Gasteiger partial charge on any atom is -0.481 e. The van der Waals surface area contributed by atoms with Crippen molar-refractivity contribution in [2.24, 2.45) is 5.73 Å². The standard InChI is InChI=1S/C20H24N2O3/c1-15-7-6-10-18(13-15)25-16(2)20(24)22(12-11-19(21)23)14-17-8-4-3-5-9-17/h3-10,13,16H,11-12,14H2,1-2H3,(H2,21,23). The van der Waals surface area contributed by atoms with Crippen LogP contribution >= 0.6 is 0 Å². The second-order valence-corrected chi connectivity index (χ2v) is 6.04. The Bertz CT molecular complexity index is 716. The molecule has 132 valence electrons. The van der Waals surface area contributed by atoms with Gasteiger partial charge in [-0.2, -0.15) is 0 Å². The van der Waals surface area contributed by atoms with E-state index in [1.165, 1.54) is 0 Å². The molecule has 0 aliphatic rings. The molecule has 0 saturated heterocycles. The number of amides is 2. The molecular formula is C20H24N2O3. The number of rotatable bonds is 8. The molecule has 2 aromatic carbocycles. The summed E-state index contributed by atoms with van der Waals surface area (Å²) in [4.78, 5) is 25.5. The lowest BCUT2D eigenvalue weighted by Crippen LogP contribution is -2.41. The van der Waals surface area contributed by atoms with Crippen LogP contribution in [0.1, 0.15) is 24.5 Å². The molecular weight excluding hydrogens is 316 g/mol. The number of carbonyl (C=O) groups excluding carboxylic acids is 2. The van der Waals surface area contributed by atoms with Crippen LogP contribution in [0, 0.1) is 6.92 Å². The third kappa shape index (κ3) is 5.95. The van der Waals surface area contributed by atoms with Crippen molar-refractivity contribution in [1.82, 2.24) is 4.90 Å². The summed E-state index contributed by atoms with van der Waals surface area (Å²) in [5.74, 6) is 0.0418. The van der Waals surface area contributed by atoms with Gasteiger partial charge in [0.15, 0.2) is 6.10 Å². The van der Waals surface area contributed by atoms with Gasteiger partial charge in [0.25, 0.3) is 5.91 Å². The molecule has 0 bridgehead atoms. The molecule has 0 aliphatic carbocycles. The Morgan fingerprint density at radius 1 is 1.12 bits per heavy atom. The van der Waals surface area contributed by atoms with E-state index in [2.05, 4.69) is 0 Å². The Hall–Kier alpha value is -2.82. The Balaban J connectivity index is 2.08. The molecule has 0 aliphatic heterocycles. The van der Waals surface area contributed by atoms with Gasteiger partial charge in [0.05, 0.1) is 0 Å². The van der Waals surface area contributed by atoms with Crippen molar-refractivity contribution in [3.63, 3.8) is 0 Å². The maximum Gasteiger partial charge on any atom is 0.263 e. The molecule has 25 heavy (non-hydrogen) atoms. The minimum absolute atomic E-state index is 0.121. The lowest BCUT2D eigenvalue weighted by Gasteiger charge is -2.26. The summed E-state index contributed by atoms with van der Waals surface area (Å²) in [6.07, 6.45) is -0.533. The van der Waals surface area contributed by atoms with Gasteiger partial charge < -0.3 is 15.4 Å². The van der Waals surface area contributed by atoms with Gasteiger partial charge in [0.1, 0.15) is 5.75 Å². The Kier molecular flexibility index (Phi) is 6.57. The summed E-state index contributed by atoms with van der Waals surface area (Å²) in [6, 6.07) is 17.2. The molecule has 0 radical (unpaired) electrons. The van der Waals surface area contributed by atoms with E-state index < -0.39 is 12.0 Å². The molecule has 5 nitrogen and oxygen atoms in total. The van der Waals surface area contributed by atoms with Gasteiger partial charge in [-0.15, -0.1) is 0 Å². The van der Waals surface area contributed by atoms with Crippen LogP contribution in [-0.2, 0) is 16.1 Å². The minimum atomic E-state index is -0.654. The highest BCUT2D eigenvalue weighted by molar-refractivity contribution is 5.82. The molecule has 0 heterocycles. The van der Waals surface area contributed by atoms with Crippen molar-refractivity contribution in [2.75, 3.05) is 6.54 Å². The number of hydrogen-bond acceptors (Lipinski definition) is 3. The maximum atomic E-state index is 12.8. The third-order valence-corrected chi connectivity index (χ3v) is 3.81. The van der Waals surface area contributed by atoms with Crippen LogP contribution in [0.2, 0.25) is 0 Å². The summed E-state index contributed by atoms with van der Waals surface area (Å²) in [7, 11) is 0. The van der Waals surface area contributed by atoms with Gasteiger partial charge in [-0.05, 0) is 37.1 Å². The highest BCUT2D eigenvalue weighted by Gasteiger charge is 2.22. The number of hydrogen-bond donors (Lipinski definition) is 1. The summed E-state index contributed by atoms with van der Waals surface area (Å²) >= 11 is 0. The summed E-state index contributed by atoms with van der Waals surface area (Å²) in [5.41, 5.74) is 7.29. The van der Waals surface area contributed by atoms with E-state index >= 15 is 0 Å². The van der Waals surface area contributed by atoms with Gasteiger partial charge in [-0.3, -0.25) is 9.59 Å². The highest BCUT2D eigenvalue weighted by atomic mass is 16.5. The Morgan fingerprint density at radius 2 is 1.84 bits per heavy atom. The van der Waals surface area contributed by atoms with E-state index in [1.54, 1.807) is 11.8 Å². The van der Waals surface area contributed by atoms with Crippen molar-refractivity contribution >= 4 is 11.8 Å². The second-order valence-electron chi connectivity index (χ2n) is 6.04. The zero-order chi connectivity index (χ0) is 18.2. The monoisotopic (exact) mass is 340 g/mol. The molecule has 1 unspecified atom stereocenters. The van der Waals surface area contributed by atoms with Crippen LogP contribution in [0.25, 0.3) is 0 Å². The van der Waals surface area contributed by atoms with Crippen molar-refractivity contribution < 1.29 is 14.3 Å². The molecule has 0 saturated carbocycles. The first-order chi connectivity index (χ1) is 12.0. The van der Waals surface area contributed by atoms with Gasteiger partial charge in [-0.25, -0.2) is 0 Å². The first kappa shape index (κ1) is 18.5. The normalized spacial score (nSPS) is 11.6. The molecule has 0 aromatic heterocycles. The summed E-state index contributed by atoms with van der Waals surface area (Å²) in [5, 5.41) is 0. The van der Waals surface area contributed by atoms with E-state index in [9.17, 15) is 9.59 Å². The van der Waals surface area contributed by atoms with Crippen LogP contribution in [0.5, 0.6) is 5.75 Å². The number of nitrogens with two attached hydrogens (primary N) is 1. The summed E-state index contributed by atoms with van der Waals surface area (Å²) in [6.45, 7) is 4.36. The first-order valence-corrected chi connectivity index (χ1v) is 8.30. The molecule has 2 N–H and O–H groups in total. The zero-order valence-corrected chi connectivity index (χ0v) is 14.6. The number of nitrogens with zero attached hydrogens (tertiary/aromatic N) is 1. The lowest BCUT2D eigenvalue weighted by atomic mass is 10.2. The predicted octanol–water partition coefficient (Wildman–Crippen LogP) is 2.67. The number of primary amides is 1. The van der Waals surface area contributed by atoms with E-state index in [1.807, 2.05) is 61.5 Å². The average Bonchev–Trinajstić information content (AvgIpc) is 2.58. The zero-order valence-electron chi connectivity index (χ0n) is 14.6. The van der Waals surface area contributed by atoms with Crippen LogP contribution in [0.4, 0.5) is 0 Å². The van der Waals surface area contributed by atoms with Gasteiger partial charge in [0.2, 0.25) is 5.91 Å². The van der Waals surface area contributed by atoms with Gasteiger partial charge in [-0.1, -0.05) is 42.5 Å². The highest BCUT2D eigenvalue weighted by Crippen LogP contribution is 2.16. The van der Waals surface area contributed by atoms with Crippen LogP contribution in [-0.4, -0.2) is 29.4 Å². The second kappa shape index (κ2) is 8.87. The molecule has 0 spiro atoms. The molecule has 2 rings (SSSR count). The van der Waals surface area contributed by atoms with Crippen LogP contribution < -0.4 is 10.5 Å². The van der Waals surface area contributed by atoms with E-state index in [0.29, 0.717) is 12.3 Å². The van der Waals surface area contributed by atoms with E-state index in [-0.39, 0.29) is 18.9 Å². The van der Waals surface area contributed by atoms with E-state index in [4.69, 9.17) is 10.5 Å². The number of aryl methyl sites for hydroxylation is 1. The smallest absolute Gasteiger partial charge is 0.263 e. The summed E-state index contributed by atoms with van der Waals surface area (Å²) < 4.78 is 5.78. The molecule has 5 heteroatoms. The Labute approximate surface area is 148 Å². The fraction of sp³-hybridized carbons (Fsp3) is 0.300.